The number of nitrogens with zero attached hydrogens (tertiary/aromatic N) is 3. The van der Waals surface area contributed by atoms with E-state index in [2.05, 4.69) is 152 Å². The molecule has 8 aromatic carbocycles. The van der Waals surface area contributed by atoms with Gasteiger partial charge in [-0.1, -0.05) is 194 Å². The summed E-state index contributed by atoms with van der Waals surface area (Å²) in [6.45, 7) is 0. The standard InChI is InChI=1S/C52H35N3O/c1-5-18-36(19-6-1)49-53-50(37-20-7-2-8-21-37)55-51(54-49)41-25-16-23-39(35-41)38-22-15-24-40(34-38)44-30-17-32-46-48(44)56-47-33-14-13-31-45(47)52(46,42-26-9-3-10-27-42)43-28-11-4-12-29-43/h1-35H. The zero-order chi connectivity index (χ0) is 37.3. The Kier molecular flexibility index (Phi) is 8.34. The van der Waals surface area contributed by atoms with Gasteiger partial charge in [0.1, 0.15) is 11.5 Å². The molecule has 2 heterocycles. The predicted octanol–water partition coefficient (Wildman–Crippen LogP) is 12.7. The molecule has 4 nitrogen and oxygen atoms in total. The van der Waals surface area contributed by atoms with Crippen LogP contribution >= 0.6 is 0 Å². The number of para-hydroxylation sites is 2. The molecular weight excluding hydrogens is 683 g/mol. The predicted molar refractivity (Wildman–Crippen MR) is 225 cm³/mol. The zero-order valence-electron chi connectivity index (χ0n) is 30.5. The number of rotatable bonds is 7. The lowest BCUT2D eigenvalue weighted by atomic mass is 9.63. The summed E-state index contributed by atoms with van der Waals surface area (Å²) in [6.07, 6.45) is 0. The summed E-state index contributed by atoms with van der Waals surface area (Å²) in [5, 5.41) is 0. The normalized spacial score (nSPS) is 12.6. The van der Waals surface area contributed by atoms with Crippen LogP contribution in [0.5, 0.6) is 11.5 Å². The lowest BCUT2D eigenvalue weighted by Crippen LogP contribution is -2.34. The number of fused-ring (bicyclic) bond motifs is 2. The summed E-state index contributed by atoms with van der Waals surface area (Å²) >= 11 is 0. The Balaban J connectivity index is 1.10. The first-order valence-corrected chi connectivity index (χ1v) is 18.9. The molecule has 0 aliphatic carbocycles. The molecular formula is C52H35N3O. The van der Waals surface area contributed by atoms with E-state index in [1.807, 2.05) is 60.7 Å². The quantitative estimate of drug-likeness (QED) is 0.165. The van der Waals surface area contributed by atoms with E-state index >= 15 is 0 Å². The summed E-state index contributed by atoms with van der Waals surface area (Å²) in [7, 11) is 0. The van der Waals surface area contributed by atoms with Gasteiger partial charge < -0.3 is 4.74 Å². The van der Waals surface area contributed by atoms with Crippen LogP contribution in [0.2, 0.25) is 0 Å². The lowest BCUT2D eigenvalue weighted by Gasteiger charge is -2.42. The van der Waals surface area contributed by atoms with E-state index in [4.69, 9.17) is 19.7 Å². The molecule has 0 unspecified atom stereocenters. The minimum atomic E-state index is -0.587. The molecule has 0 spiro atoms. The largest absolute Gasteiger partial charge is 0.456 e. The maximum absolute atomic E-state index is 6.96. The fourth-order valence-electron chi connectivity index (χ4n) is 8.10. The fraction of sp³-hybridized carbons (Fsp3) is 0.0192. The van der Waals surface area contributed by atoms with E-state index in [1.54, 1.807) is 0 Å². The van der Waals surface area contributed by atoms with Gasteiger partial charge in [-0.2, -0.15) is 0 Å². The Bertz CT molecular complexity index is 2720. The Morgan fingerprint density at radius 1 is 0.321 bits per heavy atom. The van der Waals surface area contributed by atoms with Crippen molar-refractivity contribution in [3.63, 3.8) is 0 Å². The maximum Gasteiger partial charge on any atom is 0.164 e. The van der Waals surface area contributed by atoms with E-state index in [9.17, 15) is 0 Å². The first-order chi connectivity index (χ1) is 27.8. The van der Waals surface area contributed by atoms with Crippen LogP contribution in [0.3, 0.4) is 0 Å². The summed E-state index contributed by atoms with van der Waals surface area (Å²) < 4.78 is 6.96. The molecule has 1 aliphatic heterocycles. The highest BCUT2D eigenvalue weighted by atomic mass is 16.5. The lowest BCUT2D eigenvalue weighted by molar-refractivity contribution is 0.436. The van der Waals surface area contributed by atoms with Gasteiger partial charge in [0.15, 0.2) is 17.5 Å². The second-order valence-corrected chi connectivity index (χ2v) is 14.0. The minimum absolute atomic E-state index is 0.587. The van der Waals surface area contributed by atoms with Crippen molar-refractivity contribution in [2.75, 3.05) is 0 Å². The van der Waals surface area contributed by atoms with Crippen molar-refractivity contribution in [1.82, 2.24) is 15.0 Å². The molecule has 0 saturated heterocycles. The first kappa shape index (κ1) is 33.2. The van der Waals surface area contributed by atoms with E-state index in [0.717, 1.165) is 61.6 Å². The van der Waals surface area contributed by atoms with Gasteiger partial charge in [0, 0.05) is 33.4 Å². The molecule has 0 bridgehead atoms. The number of aromatic nitrogens is 3. The summed E-state index contributed by atoms with van der Waals surface area (Å²) in [5.74, 6) is 3.61. The Morgan fingerprint density at radius 3 is 1.32 bits per heavy atom. The highest BCUT2D eigenvalue weighted by Crippen LogP contribution is 2.57. The van der Waals surface area contributed by atoms with Crippen LogP contribution in [0.1, 0.15) is 22.3 Å². The van der Waals surface area contributed by atoms with Crippen molar-refractivity contribution >= 4 is 0 Å². The minimum Gasteiger partial charge on any atom is -0.456 e. The Morgan fingerprint density at radius 2 is 0.732 bits per heavy atom. The van der Waals surface area contributed by atoms with Crippen molar-refractivity contribution in [1.29, 1.82) is 0 Å². The van der Waals surface area contributed by atoms with E-state index in [0.29, 0.717) is 17.5 Å². The van der Waals surface area contributed by atoms with Crippen LogP contribution in [0.15, 0.2) is 212 Å². The number of hydrogen-bond acceptors (Lipinski definition) is 4. The molecule has 9 aromatic rings. The van der Waals surface area contributed by atoms with Crippen molar-refractivity contribution in [2.24, 2.45) is 0 Å². The van der Waals surface area contributed by atoms with Crippen molar-refractivity contribution < 1.29 is 4.74 Å². The van der Waals surface area contributed by atoms with Gasteiger partial charge in [0.25, 0.3) is 0 Å². The van der Waals surface area contributed by atoms with Crippen LogP contribution in [0.25, 0.3) is 56.4 Å². The van der Waals surface area contributed by atoms with Crippen molar-refractivity contribution in [3.05, 3.63) is 235 Å². The molecule has 10 rings (SSSR count). The third-order valence-corrected chi connectivity index (χ3v) is 10.7. The Labute approximate surface area is 326 Å². The van der Waals surface area contributed by atoms with Crippen molar-refractivity contribution in [2.45, 2.75) is 5.41 Å². The van der Waals surface area contributed by atoms with Crippen LogP contribution in [-0.2, 0) is 5.41 Å². The van der Waals surface area contributed by atoms with Gasteiger partial charge in [0.05, 0.1) is 5.41 Å². The van der Waals surface area contributed by atoms with E-state index in [1.165, 1.54) is 11.1 Å². The molecule has 0 amide bonds. The number of hydrogen-bond donors (Lipinski definition) is 0. The summed E-state index contributed by atoms with van der Waals surface area (Å²) in [5.41, 5.74) is 11.1. The fourth-order valence-corrected chi connectivity index (χ4v) is 8.10. The molecule has 0 fully saturated rings. The second kappa shape index (κ2) is 14.1. The van der Waals surface area contributed by atoms with Gasteiger partial charge in [-0.25, -0.2) is 15.0 Å². The first-order valence-electron chi connectivity index (χ1n) is 18.9. The van der Waals surface area contributed by atoms with Crippen molar-refractivity contribution in [3.8, 4) is 67.9 Å². The highest BCUT2D eigenvalue weighted by Gasteiger charge is 2.45. The average molecular weight is 718 g/mol. The summed E-state index contributed by atoms with van der Waals surface area (Å²) in [4.78, 5) is 14.9. The molecule has 0 N–H and O–H groups in total. The zero-order valence-corrected chi connectivity index (χ0v) is 30.5. The Hall–Kier alpha value is -7.43. The number of benzene rings is 8. The van der Waals surface area contributed by atoms with Gasteiger partial charge in [-0.3, -0.25) is 0 Å². The number of ether oxygens (including phenoxy) is 1. The SMILES string of the molecule is c1ccc(-c2nc(-c3ccccc3)nc(-c3cccc(-c4cccc(-c5cccc6c5Oc5ccccc5C6(c5ccccc5)c5ccccc5)c4)c3)n2)cc1. The molecule has 1 aromatic heterocycles. The second-order valence-electron chi connectivity index (χ2n) is 14.0. The monoisotopic (exact) mass is 717 g/mol. The average Bonchev–Trinajstić information content (AvgIpc) is 3.29. The molecule has 4 heteroatoms. The van der Waals surface area contributed by atoms with Crippen LogP contribution in [0.4, 0.5) is 0 Å². The highest BCUT2D eigenvalue weighted by molar-refractivity contribution is 5.82. The third-order valence-electron chi connectivity index (χ3n) is 10.7. The third kappa shape index (κ3) is 5.76. The van der Waals surface area contributed by atoms with Crippen LogP contribution in [-0.4, -0.2) is 15.0 Å². The molecule has 56 heavy (non-hydrogen) atoms. The van der Waals surface area contributed by atoms with Gasteiger partial charge >= 0.3 is 0 Å². The maximum atomic E-state index is 6.96. The van der Waals surface area contributed by atoms with Crippen LogP contribution < -0.4 is 4.74 Å². The van der Waals surface area contributed by atoms with Gasteiger partial charge in [0.2, 0.25) is 0 Å². The van der Waals surface area contributed by atoms with Gasteiger partial charge in [-0.05, 0) is 46.0 Å². The molecule has 264 valence electrons. The molecule has 1 aliphatic rings. The molecule has 0 saturated carbocycles. The molecule has 0 radical (unpaired) electrons. The summed E-state index contributed by atoms with van der Waals surface area (Å²) in [6, 6.07) is 73.9. The van der Waals surface area contributed by atoms with E-state index < -0.39 is 5.41 Å². The van der Waals surface area contributed by atoms with Gasteiger partial charge in [-0.15, -0.1) is 0 Å². The topological polar surface area (TPSA) is 47.9 Å². The van der Waals surface area contributed by atoms with E-state index in [-0.39, 0.29) is 0 Å². The smallest absolute Gasteiger partial charge is 0.164 e. The van der Waals surface area contributed by atoms with Crippen LogP contribution in [0, 0.1) is 0 Å². The molecule has 0 atom stereocenters.